The number of para-hydroxylation sites is 2. The van der Waals surface area contributed by atoms with E-state index in [1.54, 1.807) is 6.07 Å². The predicted octanol–water partition coefficient (Wildman–Crippen LogP) is 3.51. The van der Waals surface area contributed by atoms with Crippen LogP contribution in [-0.2, 0) is 0 Å². The van der Waals surface area contributed by atoms with Gasteiger partial charge in [-0.25, -0.2) is 0 Å². The van der Waals surface area contributed by atoms with Crippen LogP contribution in [0.2, 0.25) is 0 Å². The molecule has 0 spiro atoms. The van der Waals surface area contributed by atoms with E-state index in [9.17, 15) is 5.11 Å². The maximum absolute atomic E-state index is 10.1. The Morgan fingerprint density at radius 3 is 2.52 bits per heavy atom. The molecule has 1 aliphatic rings. The van der Waals surface area contributed by atoms with E-state index in [4.69, 9.17) is 9.52 Å². The van der Waals surface area contributed by atoms with Gasteiger partial charge in [-0.15, -0.1) is 24.0 Å². The van der Waals surface area contributed by atoms with Gasteiger partial charge >= 0.3 is 0 Å². The molecule has 1 aromatic carbocycles. The Hall–Kier alpha value is -1.97. The number of nitrogens with one attached hydrogen (secondary N) is 1. The molecule has 1 aliphatic heterocycles. The van der Waals surface area contributed by atoms with Crippen molar-refractivity contribution >= 4 is 35.6 Å². The first-order valence-electron chi connectivity index (χ1n) is 10.00. The van der Waals surface area contributed by atoms with Gasteiger partial charge in [-0.3, -0.25) is 4.99 Å². The van der Waals surface area contributed by atoms with E-state index in [0.717, 1.165) is 61.4 Å². The summed E-state index contributed by atoms with van der Waals surface area (Å²) in [6, 6.07) is 7.52. The van der Waals surface area contributed by atoms with Crippen molar-refractivity contribution < 1.29 is 9.63 Å². The van der Waals surface area contributed by atoms with E-state index in [1.165, 1.54) is 0 Å². The Kier molecular flexibility index (Phi) is 8.60. The number of nitrogens with zero attached hydrogens (tertiary/aromatic N) is 4. The van der Waals surface area contributed by atoms with Crippen LogP contribution < -0.4 is 10.2 Å². The molecule has 0 bridgehead atoms. The normalized spacial score (nSPS) is 15.8. The highest BCUT2D eigenvalue weighted by molar-refractivity contribution is 14.0. The zero-order valence-corrected chi connectivity index (χ0v) is 20.0. The summed E-state index contributed by atoms with van der Waals surface area (Å²) in [5.41, 5.74) is 3.00. The average molecular weight is 513 g/mol. The highest BCUT2D eigenvalue weighted by Gasteiger charge is 2.22. The van der Waals surface area contributed by atoms with Crippen molar-refractivity contribution in [1.82, 2.24) is 15.4 Å². The fourth-order valence-electron chi connectivity index (χ4n) is 3.82. The molecule has 7 nitrogen and oxygen atoms in total. The number of guanidine groups is 1. The number of halogens is 1. The van der Waals surface area contributed by atoms with Gasteiger partial charge < -0.3 is 24.7 Å². The van der Waals surface area contributed by atoms with Crippen molar-refractivity contribution in [3.05, 3.63) is 41.3 Å². The molecular weight excluding hydrogens is 481 g/mol. The van der Waals surface area contributed by atoms with Crippen LogP contribution in [0.3, 0.4) is 0 Å². The molecular formula is C21H32IN5O2. The van der Waals surface area contributed by atoms with Gasteiger partial charge in [-0.1, -0.05) is 24.2 Å². The van der Waals surface area contributed by atoms with Gasteiger partial charge in [0.1, 0.15) is 11.5 Å². The molecule has 1 saturated heterocycles. The topological polar surface area (TPSA) is 77.1 Å². The Morgan fingerprint density at radius 1 is 1.24 bits per heavy atom. The monoisotopic (exact) mass is 513 g/mol. The molecule has 0 saturated carbocycles. The van der Waals surface area contributed by atoms with E-state index in [0.29, 0.717) is 12.3 Å². The maximum Gasteiger partial charge on any atom is 0.194 e. The third kappa shape index (κ3) is 5.55. The van der Waals surface area contributed by atoms with Crippen LogP contribution in [0.15, 0.2) is 33.8 Å². The minimum atomic E-state index is 0. The Balaban J connectivity index is 0.00000300. The van der Waals surface area contributed by atoms with Crippen molar-refractivity contribution in [1.29, 1.82) is 0 Å². The van der Waals surface area contributed by atoms with Crippen LogP contribution in [0.25, 0.3) is 0 Å². The number of aliphatic imine (C=N–C) groups is 1. The summed E-state index contributed by atoms with van der Waals surface area (Å²) < 4.78 is 5.30. The van der Waals surface area contributed by atoms with Crippen molar-refractivity contribution in [3.63, 3.8) is 0 Å². The minimum Gasteiger partial charge on any atom is -0.506 e. The Labute approximate surface area is 190 Å². The molecule has 1 atom stereocenters. The fourth-order valence-corrected chi connectivity index (χ4v) is 3.82. The summed E-state index contributed by atoms with van der Waals surface area (Å²) in [4.78, 5) is 9.40. The lowest BCUT2D eigenvalue weighted by molar-refractivity contribution is 0.369. The molecule has 2 N–H and O–H groups in total. The first-order chi connectivity index (χ1) is 13.5. The number of phenols is 1. The number of aromatic hydroxyl groups is 1. The first kappa shape index (κ1) is 23.3. The lowest BCUT2D eigenvalue weighted by atomic mass is 10.00. The van der Waals surface area contributed by atoms with Gasteiger partial charge in [0.25, 0.3) is 0 Å². The number of anilines is 1. The number of phenolic OH excluding ortho intramolecular Hbond substituents is 1. The van der Waals surface area contributed by atoms with Crippen LogP contribution in [0.4, 0.5) is 5.69 Å². The molecule has 1 fully saturated rings. The fraction of sp³-hybridized carbons (Fsp3) is 0.524. The largest absolute Gasteiger partial charge is 0.506 e. The van der Waals surface area contributed by atoms with Crippen LogP contribution >= 0.6 is 24.0 Å². The number of rotatable bonds is 5. The average Bonchev–Trinajstić information content (AvgIpc) is 3.04. The van der Waals surface area contributed by atoms with Crippen LogP contribution in [0.5, 0.6) is 5.75 Å². The predicted molar refractivity (Wildman–Crippen MR) is 128 cm³/mol. The molecule has 0 aliphatic carbocycles. The standard InChI is InChI=1S/C21H31N5O2.HI/c1-5-22-21(23-14-15(2)20-16(3)24-28-17(20)4)26-12-10-25(11-13-26)18-8-6-7-9-19(18)27;/h6-9,15,27H,5,10-14H2,1-4H3,(H,22,23);1H. The highest BCUT2D eigenvalue weighted by Crippen LogP contribution is 2.27. The van der Waals surface area contributed by atoms with E-state index < -0.39 is 0 Å². The molecule has 2 heterocycles. The molecule has 29 heavy (non-hydrogen) atoms. The van der Waals surface area contributed by atoms with Gasteiger partial charge in [-0.2, -0.15) is 0 Å². The summed E-state index contributed by atoms with van der Waals surface area (Å²) >= 11 is 0. The van der Waals surface area contributed by atoms with Crippen molar-refractivity contribution in [2.24, 2.45) is 4.99 Å². The number of aryl methyl sites for hydroxylation is 2. The second-order valence-electron chi connectivity index (χ2n) is 7.30. The third-order valence-electron chi connectivity index (χ3n) is 5.23. The number of benzene rings is 1. The summed E-state index contributed by atoms with van der Waals surface area (Å²) in [6.07, 6.45) is 0. The lowest BCUT2D eigenvalue weighted by Crippen LogP contribution is -2.52. The van der Waals surface area contributed by atoms with Crippen LogP contribution in [0, 0.1) is 13.8 Å². The first-order valence-corrected chi connectivity index (χ1v) is 10.00. The zero-order valence-electron chi connectivity index (χ0n) is 17.7. The van der Waals surface area contributed by atoms with Gasteiger partial charge in [0.15, 0.2) is 5.96 Å². The van der Waals surface area contributed by atoms with Crippen molar-refractivity contribution in [2.45, 2.75) is 33.6 Å². The summed E-state index contributed by atoms with van der Waals surface area (Å²) in [5, 5.41) is 17.6. The molecule has 0 radical (unpaired) electrons. The molecule has 1 aromatic heterocycles. The van der Waals surface area contributed by atoms with Crippen LogP contribution in [0.1, 0.15) is 36.8 Å². The Morgan fingerprint density at radius 2 is 1.93 bits per heavy atom. The molecule has 3 rings (SSSR count). The second-order valence-corrected chi connectivity index (χ2v) is 7.30. The molecule has 0 amide bonds. The van der Waals surface area contributed by atoms with Crippen molar-refractivity contribution in [2.75, 3.05) is 44.2 Å². The van der Waals surface area contributed by atoms with Crippen molar-refractivity contribution in [3.8, 4) is 5.75 Å². The second kappa shape index (κ2) is 10.7. The highest BCUT2D eigenvalue weighted by atomic mass is 127. The third-order valence-corrected chi connectivity index (χ3v) is 5.23. The minimum absolute atomic E-state index is 0. The molecule has 2 aromatic rings. The summed E-state index contributed by atoms with van der Waals surface area (Å²) in [6.45, 7) is 13.1. The van der Waals surface area contributed by atoms with E-state index >= 15 is 0 Å². The number of piperazine rings is 1. The Bertz CT molecular complexity index is 796. The molecule has 8 heteroatoms. The van der Waals surface area contributed by atoms with Gasteiger partial charge in [0.2, 0.25) is 0 Å². The smallest absolute Gasteiger partial charge is 0.194 e. The van der Waals surface area contributed by atoms with Gasteiger partial charge in [0, 0.05) is 50.7 Å². The van der Waals surface area contributed by atoms with E-state index in [1.807, 2.05) is 32.0 Å². The SMILES string of the molecule is CCNC(=NCC(C)c1c(C)noc1C)N1CCN(c2ccccc2O)CC1.I. The number of hydrogen-bond donors (Lipinski definition) is 2. The van der Waals surface area contributed by atoms with E-state index in [-0.39, 0.29) is 29.9 Å². The lowest BCUT2D eigenvalue weighted by Gasteiger charge is -2.38. The maximum atomic E-state index is 10.1. The summed E-state index contributed by atoms with van der Waals surface area (Å²) in [5.74, 6) is 2.41. The quantitative estimate of drug-likeness (QED) is 0.362. The zero-order chi connectivity index (χ0) is 20.1. The molecule has 1 unspecified atom stereocenters. The van der Waals surface area contributed by atoms with Gasteiger partial charge in [-0.05, 0) is 32.9 Å². The van der Waals surface area contributed by atoms with E-state index in [2.05, 4.69) is 34.1 Å². The van der Waals surface area contributed by atoms with Gasteiger partial charge in [0.05, 0.1) is 11.4 Å². The summed E-state index contributed by atoms with van der Waals surface area (Å²) in [7, 11) is 0. The number of aromatic nitrogens is 1. The number of hydrogen-bond acceptors (Lipinski definition) is 5. The molecule has 160 valence electrons. The van der Waals surface area contributed by atoms with Crippen LogP contribution in [-0.4, -0.2) is 60.4 Å².